The van der Waals surface area contributed by atoms with Crippen LogP contribution >= 0.6 is 0 Å². The monoisotopic (exact) mass is 474 g/mol. The highest BCUT2D eigenvalue weighted by Gasteiger charge is 2.29. The molecule has 4 rings (SSSR count). The molecule has 0 saturated heterocycles. The number of nitrogens with one attached hydrogen (secondary N) is 1. The summed E-state index contributed by atoms with van der Waals surface area (Å²) in [6.45, 7) is 4.06. The highest BCUT2D eigenvalue weighted by molar-refractivity contribution is 5.99. The summed E-state index contributed by atoms with van der Waals surface area (Å²) in [6, 6.07) is 3.41. The number of hydrogen-bond donors (Lipinski definition) is 1. The molecule has 0 aliphatic heterocycles. The fraction of sp³-hybridized carbons (Fsp3) is 0.318. The minimum atomic E-state index is -4.43. The molecule has 0 radical (unpaired) electrons. The van der Waals surface area contributed by atoms with Crippen LogP contribution in [0.3, 0.4) is 0 Å². The number of pyridine rings is 2. The fourth-order valence-corrected chi connectivity index (χ4v) is 3.46. The maximum Gasteiger partial charge on any atom is 0.422 e. The first-order chi connectivity index (χ1) is 16.1. The number of ether oxygens (including phenoxy) is 1. The number of carbonyl (C=O) groups excluding carboxylic acids is 1. The zero-order valence-electron chi connectivity index (χ0n) is 18.6. The van der Waals surface area contributed by atoms with Gasteiger partial charge in [0.05, 0.1) is 29.6 Å². The number of anilines is 1. The number of aryl methyl sites for hydroxylation is 3. The number of nitrogens with zero attached hydrogens (tertiary/aromatic N) is 5. The summed E-state index contributed by atoms with van der Waals surface area (Å²) < 4.78 is 48.6. The van der Waals surface area contributed by atoms with Gasteiger partial charge in [-0.1, -0.05) is 5.16 Å². The van der Waals surface area contributed by atoms with Crippen LogP contribution in [0.4, 0.5) is 19.0 Å². The number of aromatic nitrogens is 5. The lowest BCUT2D eigenvalue weighted by Gasteiger charge is -2.11. The molecule has 178 valence electrons. The maximum absolute atomic E-state index is 12.6. The van der Waals surface area contributed by atoms with Gasteiger partial charge in [-0.05, 0) is 38.5 Å². The minimum Gasteiger partial charge on any atom is -0.468 e. The number of halogens is 3. The van der Waals surface area contributed by atoms with Gasteiger partial charge in [-0.3, -0.25) is 9.48 Å². The lowest BCUT2D eigenvalue weighted by molar-refractivity contribution is -0.154. The second-order valence-electron chi connectivity index (χ2n) is 7.82. The standard InChI is InChI=1S/C22H21F3N6O3/c1-12-6-15(8-27-21(12)33-11-22(23,24)25)9-31-10-17-18(29-31)4-5-26-20(17)28-19(32)7-16-13(2)30-34-14(16)3/h4-6,8,10H,7,9,11H2,1-3H3,(H,26,28,32). The third-order valence-electron chi connectivity index (χ3n) is 5.06. The highest BCUT2D eigenvalue weighted by Crippen LogP contribution is 2.23. The number of rotatable bonds is 7. The van der Waals surface area contributed by atoms with E-state index in [0.717, 1.165) is 11.1 Å². The van der Waals surface area contributed by atoms with Crippen LogP contribution in [0.2, 0.25) is 0 Å². The quantitative estimate of drug-likeness (QED) is 0.433. The molecule has 4 aromatic heterocycles. The molecule has 4 heterocycles. The molecule has 9 nitrogen and oxygen atoms in total. The third-order valence-corrected chi connectivity index (χ3v) is 5.06. The highest BCUT2D eigenvalue weighted by atomic mass is 19.4. The summed E-state index contributed by atoms with van der Waals surface area (Å²) in [5.74, 6) is 0.617. The van der Waals surface area contributed by atoms with E-state index >= 15 is 0 Å². The Labute approximate surface area is 191 Å². The summed E-state index contributed by atoms with van der Waals surface area (Å²) >= 11 is 0. The van der Waals surface area contributed by atoms with E-state index in [1.165, 1.54) is 6.20 Å². The van der Waals surface area contributed by atoms with Crippen LogP contribution in [0.1, 0.15) is 28.1 Å². The van der Waals surface area contributed by atoms with Crippen molar-refractivity contribution in [3.8, 4) is 5.88 Å². The van der Waals surface area contributed by atoms with Gasteiger partial charge in [0.25, 0.3) is 0 Å². The van der Waals surface area contributed by atoms with E-state index < -0.39 is 12.8 Å². The van der Waals surface area contributed by atoms with Crippen molar-refractivity contribution in [2.24, 2.45) is 0 Å². The van der Waals surface area contributed by atoms with Crippen molar-refractivity contribution < 1.29 is 27.2 Å². The van der Waals surface area contributed by atoms with Gasteiger partial charge in [-0.25, -0.2) is 9.97 Å². The zero-order chi connectivity index (χ0) is 24.5. The molecular formula is C22H21F3N6O3. The van der Waals surface area contributed by atoms with Gasteiger partial charge in [0, 0.05) is 29.7 Å². The molecule has 0 unspecified atom stereocenters. The molecule has 0 saturated carbocycles. The number of amides is 1. The van der Waals surface area contributed by atoms with Crippen LogP contribution in [0.25, 0.3) is 10.9 Å². The lowest BCUT2D eigenvalue weighted by atomic mass is 10.1. The van der Waals surface area contributed by atoms with Gasteiger partial charge in [0.2, 0.25) is 11.8 Å². The van der Waals surface area contributed by atoms with E-state index in [0.29, 0.717) is 40.3 Å². The predicted molar refractivity (Wildman–Crippen MR) is 115 cm³/mol. The van der Waals surface area contributed by atoms with Crippen LogP contribution < -0.4 is 10.1 Å². The molecule has 0 bridgehead atoms. The van der Waals surface area contributed by atoms with Crippen molar-refractivity contribution in [2.75, 3.05) is 11.9 Å². The largest absolute Gasteiger partial charge is 0.468 e. The van der Waals surface area contributed by atoms with Gasteiger partial charge in [0.1, 0.15) is 11.6 Å². The SMILES string of the molecule is Cc1cc(Cn2cc3c(NC(=O)Cc4c(C)noc4C)nccc3n2)cnc1OCC(F)(F)F. The Morgan fingerprint density at radius 3 is 2.71 bits per heavy atom. The lowest BCUT2D eigenvalue weighted by Crippen LogP contribution is -2.20. The van der Waals surface area contributed by atoms with Crippen molar-refractivity contribution in [1.82, 2.24) is 24.9 Å². The van der Waals surface area contributed by atoms with E-state index in [9.17, 15) is 18.0 Å². The summed E-state index contributed by atoms with van der Waals surface area (Å²) in [6.07, 6.45) is 0.383. The number of carbonyl (C=O) groups is 1. The predicted octanol–water partition coefficient (Wildman–Crippen LogP) is 3.91. The Morgan fingerprint density at radius 1 is 1.24 bits per heavy atom. The third kappa shape index (κ3) is 5.33. The van der Waals surface area contributed by atoms with Gasteiger partial charge in [-0.2, -0.15) is 18.3 Å². The molecule has 0 aromatic carbocycles. The van der Waals surface area contributed by atoms with E-state index in [4.69, 9.17) is 9.26 Å². The molecule has 1 N–H and O–H groups in total. The first-order valence-electron chi connectivity index (χ1n) is 10.3. The normalized spacial score (nSPS) is 11.7. The van der Waals surface area contributed by atoms with E-state index in [2.05, 4.69) is 25.5 Å². The molecule has 0 spiro atoms. The van der Waals surface area contributed by atoms with Gasteiger partial charge in [-0.15, -0.1) is 0 Å². The molecule has 4 aromatic rings. The first kappa shape index (κ1) is 23.2. The van der Waals surface area contributed by atoms with E-state index in [1.807, 2.05) is 0 Å². The fourth-order valence-electron chi connectivity index (χ4n) is 3.46. The van der Waals surface area contributed by atoms with Crippen LogP contribution in [0.5, 0.6) is 5.88 Å². The molecule has 0 aliphatic carbocycles. The molecule has 1 amide bonds. The van der Waals surface area contributed by atoms with Crippen LogP contribution in [0.15, 0.2) is 35.2 Å². The average Bonchev–Trinajstić information content (AvgIpc) is 3.31. The van der Waals surface area contributed by atoms with E-state index in [1.54, 1.807) is 50.0 Å². The molecule has 34 heavy (non-hydrogen) atoms. The van der Waals surface area contributed by atoms with Crippen molar-refractivity contribution >= 4 is 22.6 Å². The van der Waals surface area contributed by atoms with Gasteiger partial charge >= 0.3 is 6.18 Å². The summed E-state index contributed by atoms with van der Waals surface area (Å²) in [5.41, 5.74) is 3.21. The topological polar surface area (TPSA) is 108 Å². The number of alkyl halides is 3. The molecule has 12 heteroatoms. The molecule has 0 atom stereocenters. The molecule has 0 aliphatic rings. The van der Waals surface area contributed by atoms with Crippen molar-refractivity contribution in [1.29, 1.82) is 0 Å². The average molecular weight is 474 g/mol. The molecule has 0 fully saturated rings. The van der Waals surface area contributed by atoms with E-state index in [-0.39, 0.29) is 18.2 Å². The number of hydrogen-bond acceptors (Lipinski definition) is 7. The van der Waals surface area contributed by atoms with Crippen LogP contribution in [-0.2, 0) is 17.8 Å². The molecular weight excluding hydrogens is 453 g/mol. The maximum atomic E-state index is 12.6. The summed E-state index contributed by atoms with van der Waals surface area (Å²) in [7, 11) is 0. The van der Waals surface area contributed by atoms with Gasteiger partial charge in [0.15, 0.2) is 6.61 Å². The summed E-state index contributed by atoms with van der Waals surface area (Å²) in [5, 5.41) is 11.8. The number of fused-ring (bicyclic) bond motifs is 1. The Hall–Kier alpha value is -3.96. The van der Waals surface area contributed by atoms with Crippen LogP contribution in [-0.4, -0.2) is 43.6 Å². The second kappa shape index (κ2) is 9.12. The first-order valence-corrected chi connectivity index (χ1v) is 10.3. The van der Waals surface area contributed by atoms with Gasteiger partial charge < -0.3 is 14.6 Å². The minimum absolute atomic E-state index is 0.0702. The van der Waals surface area contributed by atoms with Crippen LogP contribution in [0, 0.1) is 20.8 Å². The Kier molecular flexibility index (Phi) is 6.22. The smallest absolute Gasteiger partial charge is 0.422 e. The van der Waals surface area contributed by atoms with Crippen molar-refractivity contribution in [3.05, 3.63) is 58.9 Å². The van der Waals surface area contributed by atoms with Crippen molar-refractivity contribution in [2.45, 2.75) is 39.9 Å². The Bertz CT molecular complexity index is 1330. The Morgan fingerprint density at radius 2 is 2.03 bits per heavy atom. The zero-order valence-corrected chi connectivity index (χ0v) is 18.6. The second-order valence-corrected chi connectivity index (χ2v) is 7.82. The van der Waals surface area contributed by atoms with Crippen molar-refractivity contribution in [3.63, 3.8) is 0 Å². The Balaban J connectivity index is 1.48. The summed E-state index contributed by atoms with van der Waals surface area (Å²) in [4.78, 5) is 20.8.